The molecule has 0 rings (SSSR count). The molecule has 164 valence electrons. The van der Waals surface area contributed by atoms with Gasteiger partial charge in [0, 0.05) is 27.9 Å². The minimum Gasteiger partial charge on any atom is -0.381 e. The summed E-state index contributed by atoms with van der Waals surface area (Å²) in [4.78, 5) is 0. The third-order valence-corrected chi connectivity index (χ3v) is 8.87. The molecule has 0 heterocycles. The number of hydrogen-bond acceptors (Lipinski definition) is 2. The number of rotatable bonds is 20. The summed E-state index contributed by atoms with van der Waals surface area (Å²) in [5, 5.41) is 0. The van der Waals surface area contributed by atoms with E-state index in [0.29, 0.717) is 6.10 Å². The van der Waals surface area contributed by atoms with Crippen molar-refractivity contribution in [3.8, 4) is 0 Å². The van der Waals surface area contributed by atoms with E-state index in [4.69, 9.17) is 9.47 Å². The fourth-order valence-electron chi connectivity index (χ4n) is 4.01. The van der Waals surface area contributed by atoms with Gasteiger partial charge in [-0.2, -0.15) is 0 Å². The predicted molar refractivity (Wildman–Crippen MR) is 125 cm³/mol. The maximum atomic E-state index is 5.67. The summed E-state index contributed by atoms with van der Waals surface area (Å²) in [6, 6.07) is 3.04. The van der Waals surface area contributed by atoms with Crippen LogP contribution in [0.15, 0.2) is 0 Å². The molecule has 0 saturated heterocycles. The standard InChI is InChI=1S/C24H52O2Si/c1-23(2)22-27(5,6)21-16-14-12-10-8-7-9-11-13-15-18-25-19-17-20-26-24(3)4/h23-24H,7-22H2,1-6H3. The Labute approximate surface area is 173 Å². The van der Waals surface area contributed by atoms with Gasteiger partial charge in [0.2, 0.25) is 0 Å². The average molecular weight is 401 g/mol. The third-order valence-electron chi connectivity index (χ3n) is 5.24. The molecule has 0 fully saturated rings. The number of ether oxygens (including phenoxy) is 2. The Bertz CT molecular complexity index is 303. The van der Waals surface area contributed by atoms with E-state index in [1.54, 1.807) is 0 Å². The van der Waals surface area contributed by atoms with Gasteiger partial charge in [-0.3, -0.25) is 0 Å². The van der Waals surface area contributed by atoms with Crippen LogP contribution in [0.1, 0.15) is 98.3 Å². The number of unbranched alkanes of at least 4 members (excludes halogenated alkanes) is 9. The highest BCUT2D eigenvalue weighted by Gasteiger charge is 2.20. The molecule has 0 aromatic rings. The summed E-state index contributed by atoms with van der Waals surface area (Å²) in [7, 11) is -0.895. The molecule has 0 aliphatic heterocycles. The van der Waals surface area contributed by atoms with Gasteiger partial charge in [0.05, 0.1) is 6.10 Å². The van der Waals surface area contributed by atoms with Crippen LogP contribution >= 0.6 is 0 Å². The van der Waals surface area contributed by atoms with Gasteiger partial charge in [-0.05, 0) is 32.6 Å². The molecule has 27 heavy (non-hydrogen) atoms. The van der Waals surface area contributed by atoms with Crippen molar-refractivity contribution in [2.24, 2.45) is 5.92 Å². The molecule has 0 aliphatic carbocycles. The zero-order chi connectivity index (χ0) is 20.4. The SMILES string of the molecule is CC(C)C[Si](C)(C)CCCCCCCCCCCCOCCCOC(C)C. The van der Waals surface area contributed by atoms with E-state index < -0.39 is 8.07 Å². The summed E-state index contributed by atoms with van der Waals surface area (Å²) in [6.07, 6.45) is 15.5. The Morgan fingerprint density at radius 3 is 1.59 bits per heavy atom. The van der Waals surface area contributed by atoms with Crippen molar-refractivity contribution in [2.75, 3.05) is 19.8 Å². The molecule has 0 unspecified atom stereocenters. The zero-order valence-electron chi connectivity index (χ0n) is 19.8. The summed E-state index contributed by atoms with van der Waals surface area (Å²) in [5.41, 5.74) is 0. The lowest BCUT2D eigenvalue weighted by atomic mass is 10.1. The predicted octanol–water partition coefficient (Wildman–Crippen LogP) is 8.08. The molecule has 0 saturated carbocycles. The molecular formula is C24H52O2Si. The van der Waals surface area contributed by atoms with Crippen LogP contribution in [-0.4, -0.2) is 34.0 Å². The normalized spacial score (nSPS) is 12.4. The van der Waals surface area contributed by atoms with E-state index in [9.17, 15) is 0 Å². The maximum Gasteiger partial charge on any atom is 0.0518 e. The van der Waals surface area contributed by atoms with Crippen molar-refractivity contribution in [3.05, 3.63) is 0 Å². The van der Waals surface area contributed by atoms with Crippen molar-refractivity contribution < 1.29 is 9.47 Å². The van der Waals surface area contributed by atoms with Crippen LogP contribution in [0.4, 0.5) is 0 Å². The van der Waals surface area contributed by atoms with E-state index >= 15 is 0 Å². The minimum absolute atomic E-state index is 0.341. The van der Waals surface area contributed by atoms with Gasteiger partial charge in [-0.15, -0.1) is 0 Å². The first-order valence-electron chi connectivity index (χ1n) is 12.0. The molecule has 0 atom stereocenters. The topological polar surface area (TPSA) is 18.5 Å². The van der Waals surface area contributed by atoms with Crippen molar-refractivity contribution in [3.63, 3.8) is 0 Å². The lowest BCUT2D eigenvalue weighted by molar-refractivity contribution is 0.0507. The Morgan fingerprint density at radius 2 is 1.07 bits per heavy atom. The van der Waals surface area contributed by atoms with E-state index in [0.717, 1.165) is 32.2 Å². The molecular weight excluding hydrogens is 348 g/mol. The second kappa shape index (κ2) is 18.2. The first-order chi connectivity index (χ1) is 12.8. The molecule has 3 heteroatoms. The molecule has 0 spiro atoms. The molecule has 0 amide bonds. The summed E-state index contributed by atoms with van der Waals surface area (Å²) in [6.45, 7) is 16.7. The molecule has 2 nitrogen and oxygen atoms in total. The van der Waals surface area contributed by atoms with Crippen LogP contribution in [0.5, 0.6) is 0 Å². The summed E-state index contributed by atoms with van der Waals surface area (Å²) in [5.74, 6) is 0.891. The van der Waals surface area contributed by atoms with Crippen molar-refractivity contribution in [2.45, 2.75) is 130 Å². The van der Waals surface area contributed by atoms with Gasteiger partial charge in [-0.1, -0.05) is 96.8 Å². The van der Waals surface area contributed by atoms with Crippen LogP contribution in [0.25, 0.3) is 0 Å². The van der Waals surface area contributed by atoms with Crippen LogP contribution in [0, 0.1) is 5.92 Å². The Morgan fingerprint density at radius 1 is 0.593 bits per heavy atom. The Kier molecular flexibility index (Phi) is 18.3. The van der Waals surface area contributed by atoms with E-state index in [2.05, 4.69) is 40.8 Å². The van der Waals surface area contributed by atoms with Gasteiger partial charge >= 0.3 is 0 Å². The molecule has 0 aromatic carbocycles. The Balaban J connectivity index is 3.17. The molecule has 0 radical (unpaired) electrons. The molecule has 0 aliphatic rings. The molecule has 0 bridgehead atoms. The summed E-state index contributed by atoms with van der Waals surface area (Å²) < 4.78 is 11.2. The quantitative estimate of drug-likeness (QED) is 0.152. The molecule has 0 aromatic heterocycles. The smallest absolute Gasteiger partial charge is 0.0518 e. The lowest BCUT2D eigenvalue weighted by Crippen LogP contribution is -2.26. The van der Waals surface area contributed by atoms with Crippen LogP contribution < -0.4 is 0 Å². The second-order valence-electron chi connectivity index (χ2n) is 9.93. The van der Waals surface area contributed by atoms with E-state index in [1.165, 1.54) is 76.3 Å². The van der Waals surface area contributed by atoms with Crippen molar-refractivity contribution in [1.82, 2.24) is 0 Å². The van der Waals surface area contributed by atoms with E-state index in [-0.39, 0.29) is 0 Å². The first kappa shape index (κ1) is 27.1. The van der Waals surface area contributed by atoms with E-state index in [1.807, 2.05) is 0 Å². The minimum atomic E-state index is -0.895. The first-order valence-corrected chi connectivity index (χ1v) is 15.4. The fourth-order valence-corrected chi connectivity index (χ4v) is 7.63. The van der Waals surface area contributed by atoms with Crippen molar-refractivity contribution >= 4 is 8.07 Å². The molecule has 0 N–H and O–H groups in total. The van der Waals surface area contributed by atoms with Gasteiger partial charge in [-0.25, -0.2) is 0 Å². The van der Waals surface area contributed by atoms with Crippen molar-refractivity contribution in [1.29, 1.82) is 0 Å². The third kappa shape index (κ3) is 22.3. The number of hydrogen-bond donors (Lipinski definition) is 0. The highest BCUT2D eigenvalue weighted by molar-refractivity contribution is 6.77. The zero-order valence-corrected chi connectivity index (χ0v) is 20.8. The van der Waals surface area contributed by atoms with Gasteiger partial charge < -0.3 is 9.47 Å². The lowest BCUT2D eigenvalue weighted by Gasteiger charge is -2.24. The highest BCUT2D eigenvalue weighted by atomic mass is 28.3. The second-order valence-corrected chi connectivity index (χ2v) is 15.2. The van der Waals surface area contributed by atoms with Gasteiger partial charge in [0.1, 0.15) is 0 Å². The average Bonchev–Trinajstić information content (AvgIpc) is 2.56. The van der Waals surface area contributed by atoms with Gasteiger partial charge in [0.25, 0.3) is 0 Å². The monoisotopic (exact) mass is 400 g/mol. The maximum absolute atomic E-state index is 5.67. The fraction of sp³-hybridized carbons (Fsp3) is 1.00. The van der Waals surface area contributed by atoms with Gasteiger partial charge in [0.15, 0.2) is 0 Å². The van der Waals surface area contributed by atoms with Crippen LogP contribution in [0.2, 0.25) is 25.2 Å². The van der Waals surface area contributed by atoms with Crippen LogP contribution in [0.3, 0.4) is 0 Å². The summed E-state index contributed by atoms with van der Waals surface area (Å²) >= 11 is 0. The largest absolute Gasteiger partial charge is 0.381 e. The van der Waals surface area contributed by atoms with Crippen LogP contribution in [-0.2, 0) is 9.47 Å². The highest BCUT2D eigenvalue weighted by Crippen LogP contribution is 2.24. The Hall–Kier alpha value is 0.137.